The van der Waals surface area contributed by atoms with Gasteiger partial charge in [0.05, 0.1) is 19.8 Å². The van der Waals surface area contributed by atoms with Gasteiger partial charge in [0.2, 0.25) is 0 Å². The van der Waals surface area contributed by atoms with Crippen LogP contribution in [0, 0.1) is 0 Å². The maximum absolute atomic E-state index is 5.47. The van der Waals surface area contributed by atoms with Crippen molar-refractivity contribution in [2.45, 2.75) is 19.9 Å². The van der Waals surface area contributed by atoms with Gasteiger partial charge in [-0.3, -0.25) is 0 Å². The van der Waals surface area contributed by atoms with Gasteiger partial charge in [0.25, 0.3) is 0 Å². The molecule has 16 heavy (non-hydrogen) atoms. The van der Waals surface area contributed by atoms with Crippen LogP contribution in [0.15, 0.2) is 24.3 Å². The summed E-state index contributed by atoms with van der Waals surface area (Å²) in [5.41, 5.74) is 1.20. The van der Waals surface area contributed by atoms with Crippen LogP contribution in [0.1, 0.15) is 25.5 Å². The molecule has 1 rings (SSSR count). The first-order valence-electron chi connectivity index (χ1n) is 5.76. The van der Waals surface area contributed by atoms with Crippen molar-refractivity contribution < 1.29 is 9.47 Å². The number of methoxy groups -OCH3 is 1. The summed E-state index contributed by atoms with van der Waals surface area (Å²) in [6.45, 7) is 6.46. The molecule has 0 spiro atoms. The standard InChI is InChI=1S/C13H21NO2/c1-4-14-13(10-16-5-2)11-7-6-8-12(9-11)15-3/h6-9,13-14H,4-5,10H2,1-3H3. The maximum atomic E-state index is 5.47. The van der Waals surface area contributed by atoms with E-state index >= 15 is 0 Å². The van der Waals surface area contributed by atoms with Gasteiger partial charge < -0.3 is 14.8 Å². The SMILES string of the molecule is CCNC(COCC)c1cccc(OC)c1. The maximum Gasteiger partial charge on any atom is 0.119 e. The highest BCUT2D eigenvalue weighted by Crippen LogP contribution is 2.19. The van der Waals surface area contributed by atoms with E-state index in [1.807, 2.05) is 25.1 Å². The Morgan fingerprint density at radius 1 is 1.31 bits per heavy atom. The third-order valence-corrected chi connectivity index (χ3v) is 2.44. The molecule has 1 unspecified atom stereocenters. The van der Waals surface area contributed by atoms with Gasteiger partial charge in [0, 0.05) is 6.61 Å². The Kier molecular flexibility index (Phi) is 5.90. The molecule has 0 amide bonds. The van der Waals surface area contributed by atoms with Gasteiger partial charge in [0.15, 0.2) is 0 Å². The highest BCUT2D eigenvalue weighted by Gasteiger charge is 2.10. The predicted molar refractivity (Wildman–Crippen MR) is 65.9 cm³/mol. The summed E-state index contributed by atoms with van der Waals surface area (Å²) < 4.78 is 10.7. The van der Waals surface area contributed by atoms with Gasteiger partial charge in [-0.1, -0.05) is 19.1 Å². The van der Waals surface area contributed by atoms with E-state index in [0.29, 0.717) is 6.61 Å². The Labute approximate surface area is 97.8 Å². The van der Waals surface area contributed by atoms with E-state index in [-0.39, 0.29) is 6.04 Å². The minimum atomic E-state index is 0.236. The fraction of sp³-hybridized carbons (Fsp3) is 0.538. The molecule has 0 saturated heterocycles. The largest absolute Gasteiger partial charge is 0.497 e. The van der Waals surface area contributed by atoms with E-state index in [4.69, 9.17) is 9.47 Å². The van der Waals surface area contributed by atoms with E-state index in [1.165, 1.54) is 5.56 Å². The third kappa shape index (κ3) is 3.83. The zero-order chi connectivity index (χ0) is 11.8. The lowest BCUT2D eigenvalue weighted by Crippen LogP contribution is -2.25. The van der Waals surface area contributed by atoms with Crippen molar-refractivity contribution in [3.63, 3.8) is 0 Å². The molecule has 3 nitrogen and oxygen atoms in total. The molecule has 0 aliphatic rings. The zero-order valence-corrected chi connectivity index (χ0v) is 10.3. The minimum absolute atomic E-state index is 0.236. The van der Waals surface area contributed by atoms with Crippen molar-refractivity contribution in [1.29, 1.82) is 0 Å². The summed E-state index contributed by atoms with van der Waals surface area (Å²) in [6, 6.07) is 8.33. The fourth-order valence-corrected chi connectivity index (χ4v) is 1.61. The quantitative estimate of drug-likeness (QED) is 0.770. The van der Waals surface area contributed by atoms with Crippen LogP contribution < -0.4 is 10.1 Å². The van der Waals surface area contributed by atoms with Gasteiger partial charge in [-0.15, -0.1) is 0 Å². The first-order valence-corrected chi connectivity index (χ1v) is 5.76. The molecule has 0 aromatic heterocycles. The minimum Gasteiger partial charge on any atom is -0.497 e. The van der Waals surface area contributed by atoms with Crippen molar-refractivity contribution >= 4 is 0 Å². The van der Waals surface area contributed by atoms with Gasteiger partial charge >= 0.3 is 0 Å². The summed E-state index contributed by atoms with van der Waals surface area (Å²) >= 11 is 0. The summed E-state index contributed by atoms with van der Waals surface area (Å²) in [5, 5.41) is 3.40. The van der Waals surface area contributed by atoms with Crippen molar-refractivity contribution in [1.82, 2.24) is 5.32 Å². The lowest BCUT2D eigenvalue weighted by Gasteiger charge is -2.18. The third-order valence-electron chi connectivity index (χ3n) is 2.44. The van der Waals surface area contributed by atoms with E-state index in [9.17, 15) is 0 Å². The molecular formula is C13H21NO2. The van der Waals surface area contributed by atoms with Crippen molar-refractivity contribution in [3.8, 4) is 5.75 Å². The Morgan fingerprint density at radius 3 is 2.75 bits per heavy atom. The number of benzene rings is 1. The van der Waals surface area contributed by atoms with E-state index < -0.39 is 0 Å². The van der Waals surface area contributed by atoms with Gasteiger partial charge in [-0.05, 0) is 31.2 Å². The molecule has 3 heteroatoms. The number of ether oxygens (including phenoxy) is 2. The Morgan fingerprint density at radius 2 is 2.12 bits per heavy atom. The topological polar surface area (TPSA) is 30.5 Å². The second-order valence-corrected chi connectivity index (χ2v) is 3.55. The summed E-state index contributed by atoms with van der Waals surface area (Å²) in [6.07, 6.45) is 0. The van der Waals surface area contributed by atoms with Gasteiger partial charge in [-0.25, -0.2) is 0 Å². The Hall–Kier alpha value is -1.06. The average molecular weight is 223 g/mol. The molecule has 0 heterocycles. The normalized spacial score (nSPS) is 12.4. The lowest BCUT2D eigenvalue weighted by molar-refractivity contribution is 0.123. The Bertz CT molecular complexity index is 302. The lowest BCUT2D eigenvalue weighted by atomic mass is 10.1. The van der Waals surface area contributed by atoms with Crippen LogP contribution in [0.25, 0.3) is 0 Å². The summed E-state index contributed by atoms with van der Waals surface area (Å²) in [7, 11) is 1.68. The second-order valence-electron chi connectivity index (χ2n) is 3.55. The smallest absolute Gasteiger partial charge is 0.119 e. The average Bonchev–Trinajstić information content (AvgIpc) is 2.34. The molecular weight excluding hydrogens is 202 g/mol. The molecule has 0 fully saturated rings. The first kappa shape index (κ1) is 13.0. The number of nitrogens with one attached hydrogen (secondary N) is 1. The summed E-state index contributed by atoms with van der Waals surface area (Å²) in [5.74, 6) is 0.886. The van der Waals surface area contributed by atoms with Crippen LogP contribution in [0.2, 0.25) is 0 Å². The van der Waals surface area contributed by atoms with E-state index in [1.54, 1.807) is 7.11 Å². The molecule has 0 aliphatic carbocycles. The Balaban J connectivity index is 2.73. The van der Waals surface area contributed by atoms with Crippen LogP contribution in [-0.2, 0) is 4.74 Å². The highest BCUT2D eigenvalue weighted by molar-refractivity contribution is 5.30. The number of hydrogen-bond donors (Lipinski definition) is 1. The molecule has 90 valence electrons. The van der Waals surface area contributed by atoms with E-state index in [2.05, 4.69) is 18.3 Å². The number of hydrogen-bond acceptors (Lipinski definition) is 3. The van der Waals surface area contributed by atoms with Crippen molar-refractivity contribution in [2.24, 2.45) is 0 Å². The second kappa shape index (κ2) is 7.25. The van der Waals surface area contributed by atoms with Crippen molar-refractivity contribution in [3.05, 3.63) is 29.8 Å². The zero-order valence-electron chi connectivity index (χ0n) is 10.3. The van der Waals surface area contributed by atoms with Crippen LogP contribution in [-0.4, -0.2) is 26.9 Å². The summed E-state index contributed by atoms with van der Waals surface area (Å²) in [4.78, 5) is 0. The van der Waals surface area contributed by atoms with Crippen molar-refractivity contribution in [2.75, 3.05) is 26.9 Å². The molecule has 0 saturated carbocycles. The van der Waals surface area contributed by atoms with Crippen LogP contribution in [0.3, 0.4) is 0 Å². The van der Waals surface area contributed by atoms with Crippen LogP contribution in [0.5, 0.6) is 5.75 Å². The molecule has 1 atom stereocenters. The molecule has 1 aromatic rings. The predicted octanol–water partition coefficient (Wildman–Crippen LogP) is 2.38. The molecule has 0 radical (unpaired) electrons. The van der Waals surface area contributed by atoms with E-state index in [0.717, 1.165) is 18.9 Å². The van der Waals surface area contributed by atoms with Crippen LogP contribution >= 0.6 is 0 Å². The highest BCUT2D eigenvalue weighted by atomic mass is 16.5. The van der Waals surface area contributed by atoms with Crippen LogP contribution in [0.4, 0.5) is 0 Å². The number of likely N-dealkylation sites (N-methyl/N-ethyl adjacent to an activating group) is 1. The first-order chi connectivity index (χ1) is 7.81. The molecule has 0 aliphatic heterocycles. The molecule has 1 aromatic carbocycles. The fourth-order valence-electron chi connectivity index (χ4n) is 1.61. The van der Waals surface area contributed by atoms with Gasteiger partial charge in [0.1, 0.15) is 5.75 Å². The van der Waals surface area contributed by atoms with Gasteiger partial charge in [-0.2, -0.15) is 0 Å². The molecule has 1 N–H and O–H groups in total. The number of rotatable bonds is 7. The monoisotopic (exact) mass is 223 g/mol. The molecule has 0 bridgehead atoms.